The second kappa shape index (κ2) is 8.31. The SMILES string of the molecule is CNC(=O)Oc1ccc(C2=Nc3ccccc3SC(c3ccccc3)C2)cc1. The summed E-state index contributed by atoms with van der Waals surface area (Å²) in [6.07, 6.45) is 0.341. The molecule has 4 nitrogen and oxygen atoms in total. The molecule has 1 unspecified atom stereocenters. The zero-order valence-electron chi connectivity index (χ0n) is 15.5. The second-order valence-electron chi connectivity index (χ2n) is 6.41. The number of aliphatic imine (C=N–C) groups is 1. The molecule has 4 rings (SSSR count). The van der Waals surface area contributed by atoms with E-state index >= 15 is 0 Å². The fourth-order valence-electron chi connectivity index (χ4n) is 3.12. The number of nitrogens with zero attached hydrogens (tertiary/aromatic N) is 1. The van der Waals surface area contributed by atoms with Crippen LogP contribution in [0.1, 0.15) is 22.8 Å². The lowest BCUT2D eigenvalue weighted by atomic mass is 10.0. The molecule has 1 heterocycles. The van der Waals surface area contributed by atoms with Crippen molar-refractivity contribution in [1.82, 2.24) is 5.32 Å². The van der Waals surface area contributed by atoms with Crippen LogP contribution in [0.2, 0.25) is 0 Å². The monoisotopic (exact) mass is 388 g/mol. The molecule has 0 aromatic heterocycles. The Bertz CT molecular complexity index is 1000. The third-order valence-corrected chi connectivity index (χ3v) is 5.86. The van der Waals surface area contributed by atoms with Crippen LogP contribution in [0.3, 0.4) is 0 Å². The third kappa shape index (κ3) is 4.10. The van der Waals surface area contributed by atoms with Crippen LogP contribution in [-0.4, -0.2) is 18.9 Å². The van der Waals surface area contributed by atoms with E-state index in [0.717, 1.165) is 23.4 Å². The van der Waals surface area contributed by atoms with Crippen LogP contribution in [0.4, 0.5) is 10.5 Å². The van der Waals surface area contributed by atoms with E-state index in [1.807, 2.05) is 36.0 Å². The molecule has 5 heteroatoms. The highest BCUT2D eigenvalue weighted by Gasteiger charge is 2.22. The number of carbonyl (C=O) groups is 1. The normalized spacial score (nSPS) is 15.8. The topological polar surface area (TPSA) is 50.7 Å². The van der Waals surface area contributed by atoms with Gasteiger partial charge < -0.3 is 10.1 Å². The molecule has 28 heavy (non-hydrogen) atoms. The average Bonchev–Trinajstić information content (AvgIpc) is 2.94. The maximum absolute atomic E-state index is 11.4. The van der Waals surface area contributed by atoms with Crippen molar-refractivity contribution >= 4 is 29.3 Å². The molecule has 1 N–H and O–H groups in total. The minimum absolute atomic E-state index is 0.283. The van der Waals surface area contributed by atoms with E-state index in [0.29, 0.717) is 5.75 Å². The van der Waals surface area contributed by atoms with Crippen LogP contribution in [0.25, 0.3) is 0 Å². The fourth-order valence-corrected chi connectivity index (χ4v) is 4.35. The van der Waals surface area contributed by atoms with E-state index in [9.17, 15) is 4.79 Å². The van der Waals surface area contributed by atoms with Gasteiger partial charge in [0, 0.05) is 29.3 Å². The van der Waals surface area contributed by atoms with E-state index in [4.69, 9.17) is 9.73 Å². The first kappa shape index (κ1) is 18.3. The molecule has 0 radical (unpaired) electrons. The van der Waals surface area contributed by atoms with E-state index in [1.165, 1.54) is 17.5 Å². The minimum Gasteiger partial charge on any atom is -0.410 e. The van der Waals surface area contributed by atoms with E-state index in [1.54, 1.807) is 12.1 Å². The van der Waals surface area contributed by atoms with Gasteiger partial charge in [-0.05, 0) is 47.5 Å². The zero-order chi connectivity index (χ0) is 19.3. The number of thioether (sulfide) groups is 1. The standard InChI is InChI=1S/C23H20N2O2S/c1-24-23(26)27-18-13-11-16(12-14-18)20-15-22(17-7-3-2-4-8-17)28-21-10-6-5-9-19(21)25-20/h2-14,22H,15H2,1H3,(H,24,26). The molecule has 1 aliphatic rings. The van der Waals surface area contributed by atoms with Crippen molar-refractivity contribution in [1.29, 1.82) is 0 Å². The fraction of sp³-hybridized carbons (Fsp3) is 0.130. The summed E-state index contributed by atoms with van der Waals surface area (Å²) in [7, 11) is 1.54. The number of ether oxygens (including phenoxy) is 1. The summed E-state index contributed by atoms with van der Waals surface area (Å²) in [5, 5.41) is 2.73. The molecule has 140 valence electrons. The third-order valence-electron chi connectivity index (χ3n) is 4.54. The molecule has 0 bridgehead atoms. The largest absolute Gasteiger partial charge is 0.412 e. The summed E-state index contributed by atoms with van der Waals surface area (Å²) in [4.78, 5) is 17.5. The summed E-state index contributed by atoms with van der Waals surface area (Å²) in [5.41, 5.74) is 4.34. The molecule has 1 aliphatic heterocycles. The van der Waals surface area contributed by atoms with E-state index in [2.05, 4.69) is 47.8 Å². The van der Waals surface area contributed by atoms with E-state index in [-0.39, 0.29) is 5.25 Å². The first-order chi connectivity index (χ1) is 13.7. The Balaban J connectivity index is 1.68. The van der Waals surface area contributed by atoms with Crippen molar-refractivity contribution in [3.05, 3.63) is 90.0 Å². The number of hydrogen-bond acceptors (Lipinski definition) is 4. The number of fused-ring (bicyclic) bond motifs is 1. The lowest BCUT2D eigenvalue weighted by Crippen LogP contribution is -2.22. The van der Waals surface area contributed by atoms with Crippen LogP contribution in [0.15, 0.2) is 88.8 Å². The van der Waals surface area contributed by atoms with Crippen molar-refractivity contribution in [3.8, 4) is 5.75 Å². The summed E-state index contributed by atoms with van der Waals surface area (Å²) in [6.45, 7) is 0. The van der Waals surface area contributed by atoms with Crippen LogP contribution in [0, 0.1) is 0 Å². The quantitative estimate of drug-likeness (QED) is 0.620. The Kier molecular flexibility index (Phi) is 5.44. The van der Waals surface area contributed by atoms with Gasteiger partial charge in [-0.25, -0.2) is 4.79 Å². The summed E-state index contributed by atoms with van der Waals surface area (Å²) in [6, 6.07) is 26.3. The van der Waals surface area contributed by atoms with Crippen molar-refractivity contribution in [2.24, 2.45) is 4.99 Å². The first-order valence-electron chi connectivity index (χ1n) is 9.11. The average molecular weight is 388 g/mol. The molecule has 0 saturated heterocycles. The van der Waals surface area contributed by atoms with Crippen molar-refractivity contribution < 1.29 is 9.53 Å². The number of nitrogens with one attached hydrogen (secondary N) is 1. The molecule has 1 atom stereocenters. The lowest BCUT2D eigenvalue weighted by Gasteiger charge is -2.16. The summed E-state index contributed by atoms with van der Waals surface area (Å²) < 4.78 is 5.18. The van der Waals surface area contributed by atoms with Gasteiger partial charge in [-0.1, -0.05) is 42.5 Å². The lowest BCUT2D eigenvalue weighted by molar-refractivity contribution is 0.203. The second-order valence-corrected chi connectivity index (χ2v) is 7.66. The van der Waals surface area contributed by atoms with E-state index < -0.39 is 6.09 Å². The zero-order valence-corrected chi connectivity index (χ0v) is 16.3. The Labute approximate surface area is 168 Å². The molecule has 0 saturated carbocycles. The Morgan fingerprint density at radius 3 is 2.46 bits per heavy atom. The minimum atomic E-state index is -0.478. The van der Waals surface area contributed by atoms with Gasteiger partial charge >= 0.3 is 6.09 Å². The van der Waals surface area contributed by atoms with Crippen LogP contribution >= 0.6 is 11.8 Å². The molecule has 3 aromatic rings. The van der Waals surface area contributed by atoms with Crippen LogP contribution in [-0.2, 0) is 0 Å². The molecule has 1 amide bonds. The number of amides is 1. The van der Waals surface area contributed by atoms with Crippen molar-refractivity contribution in [2.75, 3.05) is 7.05 Å². The Hall–Kier alpha value is -3.05. The van der Waals surface area contributed by atoms with Crippen molar-refractivity contribution in [2.45, 2.75) is 16.6 Å². The smallest absolute Gasteiger partial charge is 0.410 e. The molecule has 3 aromatic carbocycles. The summed E-state index contributed by atoms with van der Waals surface area (Å²) >= 11 is 1.85. The highest BCUT2D eigenvalue weighted by Crippen LogP contribution is 2.45. The highest BCUT2D eigenvalue weighted by molar-refractivity contribution is 7.99. The Morgan fingerprint density at radius 2 is 1.71 bits per heavy atom. The molecular formula is C23H20N2O2S. The molecule has 0 spiro atoms. The van der Waals surface area contributed by atoms with Gasteiger partial charge in [-0.15, -0.1) is 11.8 Å². The number of para-hydroxylation sites is 1. The van der Waals surface area contributed by atoms with Gasteiger partial charge in [0.05, 0.1) is 5.69 Å². The highest BCUT2D eigenvalue weighted by atomic mass is 32.2. The van der Waals surface area contributed by atoms with Gasteiger partial charge in [0.15, 0.2) is 0 Å². The number of rotatable bonds is 3. The van der Waals surface area contributed by atoms with Crippen LogP contribution < -0.4 is 10.1 Å². The Morgan fingerprint density at radius 1 is 1.00 bits per heavy atom. The van der Waals surface area contributed by atoms with Gasteiger partial charge in [0.1, 0.15) is 5.75 Å². The maximum atomic E-state index is 11.4. The number of hydrogen-bond donors (Lipinski definition) is 1. The maximum Gasteiger partial charge on any atom is 0.412 e. The van der Waals surface area contributed by atoms with Crippen LogP contribution in [0.5, 0.6) is 5.75 Å². The molecular weight excluding hydrogens is 368 g/mol. The molecule has 0 aliphatic carbocycles. The number of carbonyl (C=O) groups excluding carboxylic acids is 1. The predicted molar refractivity (Wildman–Crippen MR) is 114 cm³/mol. The van der Waals surface area contributed by atoms with Crippen molar-refractivity contribution in [3.63, 3.8) is 0 Å². The van der Waals surface area contributed by atoms with Gasteiger partial charge in [-0.2, -0.15) is 0 Å². The first-order valence-corrected chi connectivity index (χ1v) is 9.99. The van der Waals surface area contributed by atoms with Gasteiger partial charge in [0.2, 0.25) is 0 Å². The predicted octanol–water partition coefficient (Wildman–Crippen LogP) is 5.76. The van der Waals surface area contributed by atoms with Gasteiger partial charge in [-0.3, -0.25) is 4.99 Å². The molecule has 0 fully saturated rings. The summed E-state index contributed by atoms with van der Waals surface area (Å²) in [5.74, 6) is 0.506. The number of benzene rings is 3. The van der Waals surface area contributed by atoms with Gasteiger partial charge in [0.25, 0.3) is 0 Å².